The van der Waals surface area contributed by atoms with Crippen molar-refractivity contribution in [3.05, 3.63) is 64.7 Å². The molecule has 2 aromatic carbocycles. The molecule has 2 amide bonds. The van der Waals surface area contributed by atoms with Crippen molar-refractivity contribution < 1.29 is 9.59 Å². The quantitative estimate of drug-likeness (QED) is 0.837. The van der Waals surface area contributed by atoms with E-state index in [1.54, 1.807) is 6.07 Å². The van der Waals surface area contributed by atoms with Crippen LogP contribution in [0.15, 0.2) is 48.5 Å². The molecule has 146 valence electrons. The lowest BCUT2D eigenvalue weighted by Gasteiger charge is -2.34. The average molecular weight is 398 g/mol. The third-order valence-corrected chi connectivity index (χ3v) is 5.52. The van der Waals surface area contributed by atoms with Gasteiger partial charge < -0.3 is 10.2 Å². The van der Waals surface area contributed by atoms with E-state index >= 15 is 0 Å². The Morgan fingerprint density at radius 3 is 2.46 bits per heavy atom. The Morgan fingerprint density at radius 2 is 1.75 bits per heavy atom. The monoisotopic (exact) mass is 397 g/mol. The maximum Gasteiger partial charge on any atom is 0.254 e. The Labute approximate surface area is 170 Å². The molecule has 0 unspecified atom stereocenters. The van der Waals surface area contributed by atoms with Gasteiger partial charge in [-0.3, -0.25) is 14.5 Å². The molecule has 1 N–H and O–H groups in total. The van der Waals surface area contributed by atoms with Crippen molar-refractivity contribution in [2.45, 2.75) is 19.4 Å². The van der Waals surface area contributed by atoms with Crippen molar-refractivity contribution >= 4 is 29.1 Å². The first-order valence-electron chi connectivity index (χ1n) is 9.75. The van der Waals surface area contributed by atoms with Crippen LogP contribution in [0.1, 0.15) is 28.8 Å². The lowest BCUT2D eigenvalue weighted by molar-refractivity contribution is -0.117. The maximum absolute atomic E-state index is 12.9. The van der Waals surface area contributed by atoms with Crippen LogP contribution in [0.3, 0.4) is 0 Å². The minimum absolute atomic E-state index is 0.0185. The summed E-state index contributed by atoms with van der Waals surface area (Å²) < 4.78 is 0. The Kier molecular flexibility index (Phi) is 5.64. The first kappa shape index (κ1) is 19.0. The SMILES string of the molecule is O=C(Nc1cccc(C(=O)N2CCN(Cc3cccc(Cl)c3)CC2)c1)C1CC1. The molecule has 1 aliphatic heterocycles. The molecule has 0 atom stereocenters. The average Bonchev–Trinajstić information content (AvgIpc) is 3.54. The second-order valence-electron chi connectivity index (χ2n) is 7.54. The summed E-state index contributed by atoms with van der Waals surface area (Å²) in [6.07, 6.45) is 1.92. The van der Waals surface area contributed by atoms with E-state index in [0.29, 0.717) is 24.3 Å². The number of anilines is 1. The van der Waals surface area contributed by atoms with E-state index in [1.807, 2.05) is 41.3 Å². The van der Waals surface area contributed by atoms with Crippen LogP contribution in [0, 0.1) is 5.92 Å². The van der Waals surface area contributed by atoms with Gasteiger partial charge in [-0.05, 0) is 48.7 Å². The minimum atomic E-state index is 0.0185. The smallest absolute Gasteiger partial charge is 0.254 e. The zero-order valence-corrected chi connectivity index (χ0v) is 16.5. The zero-order valence-electron chi connectivity index (χ0n) is 15.7. The van der Waals surface area contributed by atoms with E-state index in [0.717, 1.165) is 37.5 Å². The molecule has 1 aliphatic carbocycles. The van der Waals surface area contributed by atoms with Gasteiger partial charge in [-0.25, -0.2) is 0 Å². The Bertz CT molecular complexity index is 874. The predicted octanol–water partition coefficient (Wildman–Crippen LogP) is 3.65. The van der Waals surface area contributed by atoms with Crippen molar-refractivity contribution in [2.75, 3.05) is 31.5 Å². The highest BCUT2D eigenvalue weighted by atomic mass is 35.5. The molecule has 28 heavy (non-hydrogen) atoms. The van der Waals surface area contributed by atoms with Gasteiger partial charge in [-0.2, -0.15) is 0 Å². The van der Waals surface area contributed by atoms with Gasteiger partial charge >= 0.3 is 0 Å². The number of nitrogens with one attached hydrogen (secondary N) is 1. The van der Waals surface area contributed by atoms with Gasteiger partial charge in [0.25, 0.3) is 5.91 Å². The van der Waals surface area contributed by atoms with Gasteiger partial charge in [0.15, 0.2) is 0 Å². The van der Waals surface area contributed by atoms with Crippen molar-refractivity contribution in [1.29, 1.82) is 0 Å². The summed E-state index contributed by atoms with van der Waals surface area (Å²) in [5, 5.41) is 3.66. The summed E-state index contributed by atoms with van der Waals surface area (Å²) in [7, 11) is 0. The number of halogens is 1. The molecule has 0 aromatic heterocycles. The summed E-state index contributed by atoms with van der Waals surface area (Å²) in [4.78, 5) is 29.0. The number of hydrogen-bond acceptors (Lipinski definition) is 3. The van der Waals surface area contributed by atoms with Gasteiger partial charge in [-0.15, -0.1) is 0 Å². The van der Waals surface area contributed by atoms with Gasteiger partial charge in [0.05, 0.1) is 0 Å². The number of nitrogens with zero attached hydrogens (tertiary/aromatic N) is 2. The standard InChI is InChI=1S/C22H24ClN3O2/c23-19-5-1-3-16(13-19)15-25-9-11-26(12-10-25)22(28)18-4-2-6-20(14-18)24-21(27)17-7-8-17/h1-6,13-14,17H,7-12,15H2,(H,24,27). The first-order valence-corrected chi connectivity index (χ1v) is 10.1. The second kappa shape index (κ2) is 8.33. The van der Waals surface area contributed by atoms with Crippen LogP contribution in [-0.4, -0.2) is 47.8 Å². The zero-order chi connectivity index (χ0) is 19.5. The number of benzene rings is 2. The lowest BCUT2D eigenvalue weighted by atomic mass is 10.1. The molecule has 1 saturated carbocycles. The normalized spacial score (nSPS) is 17.4. The second-order valence-corrected chi connectivity index (χ2v) is 7.98. The highest BCUT2D eigenvalue weighted by molar-refractivity contribution is 6.30. The number of piperazine rings is 1. The van der Waals surface area contributed by atoms with Crippen LogP contribution in [-0.2, 0) is 11.3 Å². The largest absolute Gasteiger partial charge is 0.336 e. The Hall–Kier alpha value is -2.37. The molecule has 0 spiro atoms. The highest BCUT2D eigenvalue weighted by Crippen LogP contribution is 2.30. The van der Waals surface area contributed by atoms with Crippen LogP contribution < -0.4 is 5.32 Å². The van der Waals surface area contributed by atoms with Crippen molar-refractivity contribution in [2.24, 2.45) is 5.92 Å². The van der Waals surface area contributed by atoms with Crippen LogP contribution >= 0.6 is 11.6 Å². The molecule has 6 heteroatoms. The third kappa shape index (κ3) is 4.72. The molecule has 2 fully saturated rings. The molecular weight excluding hydrogens is 374 g/mol. The number of rotatable bonds is 5. The van der Waals surface area contributed by atoms with Gasteiger partial charge in [0.1, 0.15) is 0 Å². The van der Waals surface area contributed by atoms with E-state index < -0.39 is 0 Å². The van der Waals surface area contributed by atoms with Gasteiger partial charge in [0.2, 0.25) is 5.91 Å². The summed E-state index contributed by atoms with van der Waals surface area (Å²) in [5.41, 5.74) is 2.51. The van der Waals surface area contributed by atoms with E-state index in [4.69, 9.17) is 11.6 Å². The molecule has 0 radical (unpaired) electrons. The molecule has 1 saturated heterocycles. The fourth-order valence-electron chi connectivity index (χ4n) is 3.50. The maximum atomic E-state index is 12.9. The molecular formula is C22H24ClN3O2. The number of amides is 2. The summed E-state index contributed by atoms with van der Waals surface area (Å²) in [6, 6.07) is 15.2. The summed E-state index contributed by atoms with van der Waals surface area (Å²) in [5.74, 6) is 0.219. The van der Waals surface area contributed by atoms with Gasteiger partial charge in [0, 0.05) is 54.9 Å². The van der Waals surface area contributed by atoms with Crippen LogP contribution in [0.5, 0.6) is 0 Å². The number of carbonyl (C=O) groups excluding carboxylic acids is 2. The predicted molar refractivity (Wildman–Crippen MR) is 110 cm³/mol. The number of hydrogen-bond donors (Lipinski definition) is 1. The number of carbonyl (C=O) groups is 2. The van der Waals surface area contributed by atoms with E-state index in [-0.39, 0.29) is 17.7 Å². The Balaban J connectivity index is 1.33. The molecule has 1 heterocycles. The van der Waals surface area contributed by atoms with E-state index in [1.165, 1.54) is 5.56 Å². The fourth-order valence-corrected chi connectivity index (χ4v) is 3.72. The van der Waals surface area contributed by atoms with E-state index in [9.17, 15) is 9.59 Å². The molecule has 0 bridgehead atoms. The molecule has 2 aromatic rings. The fraction of sp³-hybridized carbons (Fsp3) is 0.364. The summed E-state index contributed by atoms with van der Waals surface area (Å²) >= 11 is 6.06. The Morgan fingerprint density at radius 1 is 1.00 bits per heavy atom. The summed E-state index contributed by atoms with van der Waals surface area (Å²) in [6.45, 7) is 3.88. The molecule has 4 rings (SSSR count). The van der Waals surface area contributed by atoms with Crippen molar-refractivity contribution in [3.8, 4) is 0 Å². The molecule has 5 nitrogen and oxygen atoms in total. The first-order chi connectivity index (χ1) is 13.6. The highest BCUT2D eigenvalue weighted by Gasteiger charge is 2.29. The lowest BCUT2D eigenvalue weighted by Crippen LogP contribution is -2.48. The van der Waals surface area contributed by atoms with Crippen LogP contribution in [0.2, 0.25) is 5.02 Å². The van der Waals surface area contributed by atoms with Gasteiger partial charge in [-0.1, -0.05) is 29.8 Å². The van der Waals surface area contributed by atoms with Crippen LogP contribution in [0.4, 0.5) is 5.69 Å². The topological polar surface area (TPSA) is 52.7 Å². The van der Waals surface area contributed by atoms with Crippen molar-refractivity contribution in [3.63, 3.8) is 0 Å². The van der Waals surface area contributed by atoms with Crippen LogP contribution in [0.25, 0.3) is 0 Å². The molecule has 2 aliphatic rings. The van der Waals surface area contributed by atoms with Crippen molar-refractivity contribution in [1.82, 2.24) is 9.80 Å². The van der Waals surface area contributed by atoms with E-state index in [2.05, 4.69) is 16.3 Å². The minimum Gasteiger partial charge on any atom is -0.336 e. The third-order valence-electron chi connectivity index (χ3n) is 5.28.